The molecule has 0 bridgehead atoms. The second-order valence-corrected chi connectivity index (χ2v) is 5.49. The van der Waals surface area contributed by atoms with E-state index in [2.05, 4.69) is 62.1 Å². The van der Waals surface area contributed by atoms with Gasteiger partial charge < -0.3 is 15.1 Å². The molecule has 0 saturated carbocycles. The lowest BCUT2D eigenvalue weighted by Gasteiger charge is -2.24. The van der Waals surface area contributed by atoms with Crippen LogP contribution >= 0.6 is 0 Å². The van der Waals surface area contributed by atoms with Crippen molar-refractivity contribution in [3.63, 3.8) is 0 Å². The molecule has 0 radical (unpaired) electrons. The van der Waals surface area contributed by atoms with E-state index in [0.717, 1.165) is 44.2 Å². The van der Waals surface area contributed by atoms with Crippen LogP contribution in [0, 0.1) is 6.92 Å². The molecule has 4 heteroatoms. The summed E-state index contributed by atoms with van der Waals surface area (Å²) in [4.78, 5) is 9.29. The number of hydrogen-bond acceptors (Lipinski definition) is 4. The summed E-state index contributed by atoms with van der Waals surface area (Å²) in [7, 11) is 4.24. The lowest BCUT2D eigenvalue weighted by molar-refractivity contribution is 0.400. The van der Waals surface area contributed by atoms with Crippen molar-refractivity contribution >= 4 is 5.82 Å². The van der Waals surface area contributed by atoms with E-state index < -0.39 is 0 Å². The van der Waals surface area contributed by atoms with Gasteiger partial charge >= 0.3 is 0 Å². The number of aromatic nitrogens is 1. The molecular weight excluding hydrogens is 248 g/mol. The number of hydrogen-bond donors (Lipinski definition) is 1. The zero-order valence-electron chi connectivity index (χ0n) is 13.7. The Balaban J connectivity index is 2.72. The van der Waals surface area contributed by atoms with Crippen molar-refractivity contribution in [3.8, 4) is 0 Å². The summed E-state index contributed by atoms with van der Waals surface area (Å²) in [5, 5.41) is 3.38. The third-order valence-corrected chi connectivity index (χ3v) is 3.32. The minimum Gasteiger partial charge on any atom is -0.357 e. The van der Waals surface area contributed by atoms with Crippen molar-refractivity contribution in [2.45, 2.75) is 33.7 Å². The van der Waals surface area contributed by atoms with Crippen molar-refractivity contribution < 1.29 is 0 Å². The number of nitrogens with one attached hydrogen (secondary N) is 1. The lowest BCUT2D eigenvalue weighted by Crippen LogP contribution is -2.28. The van der Waals surface area contributed by atoms with E-state index >= 15 is 0 Å². The summed E-state index contributed by atoms with van der Waals surface area (Å²) in [5.41, 5.74) is 2.42. The van der Waals surface area contributed by atoms with E-state index in [-0.39, 0.29) is 0 Å². The Morgan fingerprint density at radius 1 is 1.15 bits per heavy atom. The highest BCUT2D eigenvalue weighted by molar-refractivity contribution is 5.42. The molecule has 0 aliphatic rings. The standard InChI is InChI=1S/C16H30N4/c1-6-17-13-15-11-14(3)18-16(12-15)20(7-2)10-8-9-19(4)5/h11-12,17H,6-10,13H2,1-5H3. The number of pyridine rings is 1. The number of nitrogens with zero attached hydrogens (tertiary/aromatic N) is 3. The predicted octanol–water partition coefficient (Wildman–Crippen LogP) is 2.28. The molecule has 1 aromatic heterocycles. The molecule has 4 nitrogen and oxygen atoms in total. The molecule has 1 rings (SSSR count). The van der Waals surface area contributed by atoms with Gasteiger partial charge in [0.15, 0.2) is 0 Å². The summed E-state index contributed by atoms with van der Waals surface area (Å²) >= 11 is 0. The highest BCUT2D eigenvalue weighted by Gasteiger charge is 2.08. The van der Waals surface area contributed by atoms with Crippen LogP contribution in [0.3, 0.4) is 0 Å². The van der Waals surface area contributed by atoms with Gasteiger partial charge in [-0.05, 0) is 65.1 Å². The maximum absolute atomic E-state index is 4.70. The Bertz CT molecular complexity index is 390. The third kappa shape index (κ3) is 5.88. The summed E-state index contributed by atoms with van der Waals surface area (Å²) < 4.78 is 0. The molecule has 0 fully saturated rings. The van der Waals surface area contributed by atoms with Crippen LogP contribution in [-0.4, -0.2) is 50.2 Å². The summed E-state index contributed by atoms with van der Waals surface area (Å²) in [6.07, 6.45) is 1.17. The fourth-order valence-electron chi connectivity index (χ4n) is 2.27. The van der Waals surface area contributed by atoms with Gasteiger partial charge in [0.2, 0.25) is 0 Å². The fourth-order valence-corrected chi connectivity index (χ4v) is 2.27. The molecule has 0 atom stereocenters. The lowest BCUT2D eigenvalue weighted by atomic mass is 10.2. The largest absolute Gasteiger partial charge is 0.357 e. The highest BCUT2D eigenvalue weighted by atomic mass is 15.2. The molecular formula is C16H30N4. The first kappa shape index (κ1) is 16.9. The van der Waals surface area contributed by atoms with Crippen molar-refractivity contribution in [2.75, 3.05) is 45.2 Å². The van der Waals surface area contributed by atoms with Crippen LogP contribution in [0.2, 0.25) is 0 Å². The molecule has 0 saturated heterocycles. The van der Waals surface area contributed by atoms with Gasteiger partial charge in [0.25, 0.3) is 0 Å². The molecule has 0 aromatic carbocycles. The van der Waals surface area contributed by atoms with Gasteiger partial charge in [-0.15, -0.1) is 0 Å². The summed E-state index contributed by atoms with van der Waals surface area (Å²) in [6, 6.07) is 4.38. The van der Waals surface area contributed by atoms with Gasteiger partial charge in [0.1, 0.15) is 5.82 Å². The number of rotatable bonds is 9. The summed E-state index contributed by atoms with van der Waals surface area (Å²) in [5.74, 6) is 1.11. The van der Waals surface area contributed by atoms with Crippen molar-refractivity contribution in [1.29, 1.82) is 0 Å². The van der Waals surface area contributed by atoms with Crippen LogP contribution in [0.5, 0.6) is 0 Å². The monoisotopic (exact) mass is 278 g/mol. The Labute approximate surface area is 124 Å². The van der Waals surface area contributed by atoms with Gasteiger partial charge in [-0.3, -0.25) is 0 Å². The van der Waals surface area contributed by atoms with Gasteiger partial charge in [0.05, 0.1) is 0 Å². The van der Waals surface area contributed by atoms with E-state index in [1.54, 1.807) is 0 Å². The predicted molar refractivity (Wildman–Crippen MR) is 87.4 cm³/mol. The summed E-state index contributed by atoms with van der Waals surface area (Å²) in [6.45, 7) is 11.5. The van der Waals surface area contributed by atoms with Crippen LogP contribution in [0.4, 0.5) is 5.82 Å². The molecule has 20 heavy (non-hydrogen) atoms. The second kappa shape index (κ2) is 8.93. The Hall–Kier alpha value is -1.13. The Morgan fingerprint density at radius 2 is 1.90 bits per heavy atom. The van der Waals surface area contributed by atoms with Crippen LogP contribution in [0.25, 0.3) is 0 Å². The smallest absolute Gasteiger partial charge is 0.129 e. The number of aryl methyl sites for hydroxylation is 1. The molecule has 0 amide bonds. The highest BCUT2D eigenvalue weighted by Crippen LogP contribution is 2.15. The van der Waals surface area contributed by atoms with Crippen LogP contribution in [0.15, 0.2) is 12.1 Å². The van der Waals surface area contributed by atoms with E-state index in [0.29, 0.717) is 0 Å². The van der Waals surface area contributed by atoms with E-state index in [4.69, 9.17) is 4.98 Å². The first-order chi connectivity index (χ1) is 9.56. The maximum Gasteiger partial charge on any atom is 0.129 e. The fraction of sp³-hybridized carbons (Fsp3) is 0.688. The molecule has 0 unspecified atom stereocenters. The average Bonchev–Trinajstić information content (AvgIpc) is 2.40. The molecule has 0 spiro atoms. The van der Waals surface area contributed by atoms with Gasteiger partial charge in [0, 0.05) is 25.3 Å². The first-order valence-corrected chi connectivity index (χ1v) is 7.64. The van der Waals surface area contributed by atoms with Gasteiger partial charge in [-0.2, -0.15) is 0 Å². The van der Waals surface area contributed by atoms with Crippen LogP contribution in [-0.2, 0) is 6.54 Å². The minimum atomic E-state index is 0.919. The van der Waals surface area contributed by atoms with Gasteiger partial charge in [-0.25, -0.2) is 4.98 Å². The molecule has 0 aliphatic heterocycles. The van der Waals surface area contributed by atoms with Crippen molar-refractivity contribution in [1.82, 2.24) is 15.2 Å². The topological polar surface area (TPSA) is 31.4 Å². The number of anilines is 1. The molecule has 1 N–H and O–H groups in total. The van der Waals surface area contributed by atoms with E-state index in [9.17, 15) is 0 Å². The van der Waals surface area contributed by atoms with Gasteiger partial charge in [-0.1, -0.05) is 6.92 Å². The molecule has 1 aromatic rings. The first-order valence-electron chi connectivity index (χ1n) is 7.64. The van der Waals surface area contributed by atoms with Crippen LogP contribution < -0.4 is 10.2 Å². The zero-order chi connectivity index (χ0) is 15.0. The second-order valence-electron chi connectivity index (χ2n) is 5.49. The minimum absolute atomic E-state index is 0.919. The Morgan fingerprint density at radius 3 is 2.50 bits per heavy atom. The van der Waals surface area contributed by atoms with Crippen molar-refractivity contribution in [3.05, 3.63) is 23.4 Å². The molecule has 1 heterocycles. The maximum atomic E-state index is 4.70. The average molecular weight is 278 g/mol. The van der Waals surface area contributed by atoms with Crippen LogP contribution in [0.1, 0.15) is 31.5 Å². The third-order valence-electron chi connectivity index (χ3n) is 3.32. The van der Waals surface area contributed by atoms with E-state index in [1.807, 2.05) is 0 Å². The normalized spacial score (nSPS) is 11.1. The van der Waals surface area contributed by atoms with Crippen molar-refractivity contribution in [2.24, 2.45) is 0 Å². The quantitative estimate of drug-likeness (QED) is 0.751. The molecule has 0 aliphatic carbocycles. The molecule has 114 valence electrons. The Kier molecular flexibility index (Phi) is 7.55. The SMILES string of the molecule is CCNCc1cc(C)nc(N(CC)CCCN(C)C)c1. The zero-order valence-corrected chi connectivity index (χ0v) is 13.7. The van der Waals surface area contributed by atoms with E-state index in [1.165, 1.54) is 12.0 Å².